The zero-order valence-corrected chi connectivity index (χ0v) is 12.2. The van der Waals surface area contributed by atoms with E-state index in [2.05, 4.69) is 45.0 Å². The number of benzene rings is 2. The van der Waals surface area contributed by atoms with Gasteiger partial charge in [0.15, 0.2) is 0 Å². The van der Waals surface area contributed by atoms with Crippen LogP contribution in [-0.4, -0.2) is 27.9 Å². The Morgan fingerprint density at radius 1 is 1.00 bits per heavy atom. The van der Waals surface area contributed by atoms with Crippen molar-refractivity contribution in [1.82, 2.24) is 20.7 Å². The maximum Gasteiger partial charge on any atom is 0.251 e. The molecule has 0 radical (unpaired) electrons. The van der Waals surface area contributed by atoms with Gasteiger partial charge in [-0.3, -0.25) is 4.79 Å². The zero-order valence-electron chi connectivity index (χ0n) is 12.2. The number of unbranched alkanes of at least 4 members (excludes halogenated alkanes) is 1. The Morgan fingerprint density at radius 2 is 1.82 bits per heavy atom. The fraction of sp³-hybridized carbons (Fsp3) is 0.235. The fourth-order valence-electron chi connectivity index (χ4n) is 2.38. The van der Waals surface area contributed by atoms with E-state index in [1.54, 1.807) is 18.2 Å². The van der Waals surface area contributed by atoms with Crippen molar-refractivity contribution in [2.24, 2.45) is 0 Å². The lowest BCUT2D eigenvalue weighted by Crippen LogP contribution is -2.24. The molecular weight excluding hydrogens is 276 g/mol. The van der Waals surface area contributed by atoms with Crippen molar-refractivity contribution in [1.29, 1.82) is 0 Å². The normalized spacial score (nSPS) is 10.7. The van der Waals surface area contributed by atoms with Crippen LogP contribution in [0.4, 0.5) is 0 Å². The highest BCUT2D eigenvalue weighted by atomic mass is 16.1. The number of nitrogens with zero attached hydrogens (tertiary/aromatic N) is 2. The number of amides is 1. The summed E-state index contributed by atoms with van der Waals surface area (Å²) >= 11 is 0. The minimum Gasteiger partial charge on any atom is -0.352 e. The quantitative estimate of drug-likeness (QED) is 0.687. The number of nitrogens with one attached hydrogen (secondary N) is 2. The number of fused-ring (bicyclic) bond motifs is 1. The van der Waals surface area contributed by atoms with Gasteiger partial charge in [-0.05, 0) is 43.0 Å². The molecule has 112 valence electrons. The van der Waals surface area contributed by atoms with Gasteiger partial charge in [-0.15, -0.1) is 0 Å². The number of carbonyl (C=O) groups is 1. The second kappa shape index (κ2) is 6.85. The molecule has 5 heteroatoms. The van der Waals surface area contributed by atoms with Crippen LogP contribution in [0.3, 0.4) is 0 Å². The summed E-state index contributed by atoms with van der Waals surface area (Å²) in [6, 6.07) is 15.7. The van der Waals surface area contributed by atoms with Crippen LogP contribution >= 0.6 is 0 Å². The van der Waals surface area contributed by atoms with E-state index in [9.17, 15) is 4.79 Å². The molecule has 2 N–H and O–H groups in total. The highest BCUT2D eigenvalue weighted by Crippen LogP contribution is 2.10. The highest BCUT2D eigenvalue weighted by Gasteiger charge is 2.07. The minimum absolute atomic E-state index is 0.0652. The van der Waals surface area contributed by atoms with Gasteiger partial charge in [-0.1, -0.05) is 30.3 Å². The van der Waals surface area contributed by atoms with E-state index in [1.165, 1.54) is 5.56 Å². The van der Waals surface area contributed by atoms with Crippen LogP contribution in [0.5, 0.6) is 0 Å². The molecule has 0 saturated carbocycles. The summed E-state index contributed by atoms with van der Waals surface area (Å²) in [6.07, 6.45) is 3.07. The van der Waals surface area contributed by atoms with Gasteiger partial charge in [0.25, 0.3) is 5.91 Å². The van der Waals surface area contributed by atoms with Crippen molar-refractivity contribution in [2.75, 3.05) is 6.54 Å². The third kappa shape index (κ3) is 3.49. The van der Waals surface area contributed by atoms with Gasteiger partial charge in [-0.25, -0.2) is 0 Å². The molecule has 3 rings (SSSR count). The molecule has 1 heterocycles. The molecule has 1 aromatic heterocycles. The number of carbonyl (C=O) groups excluding carboxylic acids is 1. The molecule has 0 aliphatic carbocycles. The van der Waals surface area contributed by atoms with Gasteiger partial charge < -0.3 is 5.32 Å². The van der Waals surface area contributed by atoms with Gasteiger partial charge in [0.1, 0.15) is 11.0 Å². The second-order valence-electron chi connectivity index (χ2n) is 5.23. The molecule has 0 unspecified atom stereocenters. The summed E-state index contributed by atoms with van der Waals surface area (Å²) in [5.74, 6) is -0.0652. The summed E-state index contributed by atoms with van der Waals surface area (Å²) in [5.41, 5.74) is 3.42. The summed E-state index contributed by atoms with van der Waals surface area (Å²) in [6.45, 7) is 0.683. The monoisotopic (exact) mass is 294 g/mol. The molecule has 0 saturated heterocycles. The Balaban J connectivity index is 1.44. The fourth-order valence-corrected chi connectivity index (χ4v) is 2.38. The van der Waals surface area contributed by atoms with Gasteiger partial charge in [-0.2, -0.15) is 15.4 Å². The lowest BCUT2D eigenvalue weighted by Gasteiger charge is -2.05. The number of aryl methyl sites for hydroxylation is 1. The van der Waals surface area contributed by atoms with E-state index >= 15 is 0 Å². The molecule has 5 nitrogen and oxygen atoms in total. The van der Waals surface area contributed by atoms with E-state index in [-0.39, 0.29) is 5.91 Å². The molecule has 0 aliphatic heterocycles. The van der Waals surface area contributed by atoms with E-state index < -0.39 is 0 Å². The predicted molar refractivity (Wildman–Crippen MR) is 85.6 cm³/mol. The van der Waals surface area contributed by atoms with E-state index in [0.29, 0.717) is 17.6 Å². The molecule has 0 fully saturated rings. The molecule has 0 bridgehead atoms. The van der Waals surface area contributed by atoms with Crippen LogP contribution in [0.1, 0.15) is 28.8 Å². The molecule has 22 heavy (non-hydrogen) atoms. The topological polar surface area (TPSA) is 70.7 Å². The minimum atomic E-state index is -0.0652. The number of aromatic amines is 1. The predicted octanol–water partition coefficient (Wildman–Crippen LogP) is 2.71. The molecular formula is C17H18N4O. The Kier molecular flexibility index (Phi) is 4.44. The van der Waals surface area contributed by atoms with Crippen molar-refractivity contribution in [3.05, 3.63) is 59.7 Å². The lowest BCUT2D eigenvalue weighted by molar-refractivity contribution is 0.0953. The van der Waals surface area contributed by atoms with E-state index in [1.807, 2.05) is 6.07 Å². The number of aromatic nitrogens is 3. The van der Waals surface area contributed by atoms with E-state index in [4.69, 9.17) is 0 Å². The molecule has 0 atom stereocenters. The zero-order chi connectivity index (χ0) is 15.2. The van der Waals surface area contributed by atoms with E-state index in [0.717, 1.165) is 24.8 Å². The van der Waals surface area contributed by atoms with Crippen LogP contribution in [0.2, 0.25) is 0 Å². The third-order valence-corrected chi connectivity index (χ3v) is 3.60. The maximum atomic E-state index is 12.1. The second-order valence-corrected chi connectivity index (χ2v) is 5.23. The van der Waals surface area contributed by atoms with Gasteiger partial charge in [0, 0.05) is 12.1 Å². The van der Waals surface area contributed by atoms with Crippen molar-refractivity contribution in [3.63, 3.8) is 0 Å². The average Bonchev–Trinajstić information content (AvgIpc) is 3.03. The number of rotatable bonds is 6. The smallest absolute Gasteiger partial charge is 0.251 e. The van der Waals surface area contributed by atoms with Crippen LogP contribution in [0, 0.1) is 0 Å². The summed E-state index contributed by atoms with van der Waals surface area (Å²) in [7, 11) is 0. The first-order valence-corrected chi connectivity index (χ1v) is 7.45. The Labute approximate surface area is 128 Å². The third-order valence-electron chi connectivity index (χ3n) is 3.60. The lowest BCUT2D eigenvalue weighted by atomic mass is 10.1. The summed E-state index contributed by atoms with van der Waals surface area (Å²) in [5, 5.41) is 13.4. The molecule has 1 amide bonds. The van der Waals surface area contributed by atoms with Crippen LogP contribution in [0.25, 0.3) is 11.0 Å². The van der Waals surface area contributed by atoms with Gasteiger partial charge in [0.05, 0.1) is 0 Å². The highest BCUT2D eigenvalue weighted by molar-refractivity contribution is 5.97. The van der Waals surface area contributed by atoms with Crippen molar-refractivity contribution in [3.8, 4) is 0 Å². The first kappa shape index (κ1) is 14.3. The largest absolute Gasteiger partial charge is 0.352 e. The first-order chi connectivity index (χ1) is 10.8. The van der Waals surface area contributed by atoms with Gasteiger partial charge in [0.2, 0.25) is 0 Å². The van der Waals surface area contributed by atoms with Crippen molar-refractivity contribution < 1.29 is 4.79 Å². The number of hydrogen-bond acceptors (Lipinski definition) is 3. The molecule has 3 aromatic rings. The van der Waals surface area contributed by atoms with Crippen molar-refractivity contribution >= 4 is 16.9 Å². The van der Waals surface area contributed by atoms with Crippen molar-refractivity contribution in [2.45, 2.75) is 19.3 Å². The number of H-pyrrole nitrogens is 1. The Bertz CT molecular complexity index is 751. The van der Waals surface area contributed by atoms with Crippen LogP contribution in [0.15, 0.2) is 48.5 Å². The van der Waals surface area contributed by atoms with Gasteiger partial charge >= 0.3 is 0 Å². The Hall–Kier alpha value is -2.69. The molecule has 2 aromatic carbocycles. The van der Waals surface area contributed by atoms with Crippen LogP contribution < -0.4 is 5.32 Å². The standard InChI is InChI=1S/C17H18N4O/c22-17(14-9-10-15-16(12-14)20-21-19-15)18-11-5-4-8-13-6-2-1-3-7-13/h1-3,6-7,9-10,12H,4-5,8,11H2,(H,18,22)(H,19,20,21). The molecule has 0 aliphatic rings. The average molecular weight is 294 g/mol. The Morgan fingerprint density at radius 3 is 2.68 bits per heavy atom. The van der Waals surface area contributed by atoms with Crippen LogP contribution in [-0.2, 0) is 6.42 Å². The molecule has 0 spiro atoms. The summed E-state index contributed by atoms with van der Waals surface area (Å²) < 4.78 is 0. The SMILES string of the molecule is O=C(NCCCCc1ccccc1)c1ccc2n[nH]nc2c1. The summed E-state index contributed by atoms with van der Waals surface area (Å²) in [4.78, 5) is 12.1. The first-order valence-electron chi connectivity index (χ1n) is 7.45. The maximum absolute atomic E-state index is 12.1. The number of hydrogen-bond donors (Lipinski definition) is 2.